The van der Waals surface area contributed by atoms with Crippen LogP contribution < -0.4 is 15.2 Å². The molecule has 1 aliphatic heterocycles. The first kappa shape index (κ1) is 15.5. The van der Waals surface area contributed by atoms with Crippen LogP contribution in [0.4, 0.5) is 5.82 Å². The maximum Gasteiger partial charge on any atom is 0.255 e. The molecule has 0 amide bonds. The van der Waals surface area contributed by atoms with Crippen molar-refractivity contribution in [3.8, 4) is 5.88 Å². The number of aryl methyl sites for hydroxylation is 2. The van der Waals surface area contributed by atoms with Gasteiger partial charge in [0.15, 0.2) is 0 Å². The molecule has 0 unspecified atom stereocenters. The van der Waals surface area contributed by atoms with Crippen molar-refractivity contribution < 1.29 is 4.74 Å². The Kier molecular flexibility index (Phi) is 4.60. The van der Waals surface area contributed by atoms with Crippen LogP contribution in [0.25, 0.3) is 0 Å². The number of hydrogen-bond donors (Lipinski definition) is 0. The van der Waals surface area contributed by atoms with E-state index in [1.165, 1.54) is 4.57 Å². The Balaban J connectivity index is 1.53. The fourth-order valence-corrected chi connectivity index (χ4v) is 2.77. The smallest absolute Gasteiger partial charge is 0.255 e. The van der Waals surface area contributed by atoms with Crippen LogP contribution in [0.5, 0.6) is 5.88 Å². The standard InChI is InChI=1S/C17H22N4O2/c1-13-4-3-7-18-17(13)23-11-14-5-8-21(9-6-14)15-10-16(22)20(2)12-19-15/h3-4,7,10,12,14H,5-6,8-9,11H2,1-2H3. The normalized spacial score (nSPS) is 15.7. The lowest BCUT2D eigenvalue weighted by molar-refractivity contribution is 0.214. The molecule has 3 rings (SSSR count). The molecular formula is C17H22N4O2. The van der Waals surface area contributed by atoms with Gasteiger partial charge in [0.25, 0.3) is 5.56 Å². The molecule has 1 aliphatic rings. The van der Waals surface area contributed by atoms with Crippen LogP contribution in [0.2, 0.25) is 0 Å². The summed E-state index contributed by atoms with van der Waals surface area (Å²) in [5.74, 6) is 2.01. The highest BCUT2D eigenvalue weighted by Gasteiger charge is 2.21. The van der Waals surface area contributed by atoms with Gasteiger partial charge >= 0.3 is 0 Å². The first-order valence-corrected chi connectivity index (χ1v) is 7.95. The van der Waals surface area contributed by atoms with Gasteiger partial charge in [-0.1, -0.05) is 6.07 Å². The third-order valence-electron chi connectivity index (χ3n) is 4.32. The molecule has 2 aromatic heterocycles. The molecular weight excluding hydrogens is 292 g/mol. The molecule has 0 N–H and O–H groups in total. The van der Waals surface area contributed by atoms with E-state index in [2.05, 4.69) is 14.9 Å². The van der Waals surface area contributed by atoms with E-state index in [1.54, 1.807) is 25.6 Å². The molecule has 6 heteroatoms. The average molecular weight is 314 g/mol. The van der Waals surface area contributed by atoms with Gasteiger partial charge in [0, 0.05) is 38.0 Å². The molecule has 2 aromatic rings. The van der Waals surface area contributed by atoms with Crippen molar-refractivity contribution in [3.05, 3.63) is 46.6 Å². The van der Waals surface area contributed by atoms with Crippen LogP contribution in [0.15, 0.2) is 35.5 Å². The highest BCUT2D eigenvalue weighted by Crippen LogP contribution is 2.22. The Hall–Kier alpha value is -2.37. The SMILES string of the molecule is Cc1cccnc1OCC1CCN(c2cc(=O)n(C)cn2)CC1. The van der Waals surface area contributed by atoms with Crippen molar-refractivity contribution >= 4 is 5.82 Å². The molecule has 0 saturated carbocycles. The summed E-state index contributed by atoms with van der Waals surface area (Å²) in [7, 11) is 1.71. The van der Waals surface area contributed by atoms with E-state index in [0.29, 0.717) is 12.5 Å². The number of ether oxygens (including phenoxy) is 1. The maximum atomic E-state index is 11.7. The van der Waals surface area contributed by atoms with E-state index in [0.717, 1.165) is 43.2 Å². The highest BCUT2D eigenvalue weighted by atomic mass is 16.5. The summed E-state index contributed by atoms with van der Waals surface area (Å²) in [6.07, 6.45) is 5.40. The minimum atomic E-state index is -0.0221. The highest BCUT2D eigenvalue weighted by molar-refractivity contribution is 5.37. The molecule has 0 aromatic carbocycles. The van der Waals surface area contributed by atoms with Crippen LogP contribution in [0.3, 0.4) is 0 Å². The van der Waals surface area contributed by atoms with Crippen molar-refractivity contribution in [2.45, 2.75) is 19.8 Å². The minimum Gasteiger partial charge on any atom is -0.477 e. The predicted molar refractivity (Wildman–Crippen MR) is 88.9 cm³/mol. The molecule has 0 aliphatic carbocycles. The fourth-order valence-electron chi connectivity index (χ4n) is 2.77. The van der Waals surface area contributed by atoms with E-state index in [-0.39, 0.29) is 5.56 Å². The van der Waals surface area contributed by atoms with Crippen LogP contribution in [-0.2, 0) is 7.05 Å². The predicted octanol–water partition coefficient (Wildman–Crippen LogP) is 1.78. The molecule has 3 heterocycles. The van der Waals surface area contributed by atoms with Crippen molar-refractivity contribution in [1.29, 1.82) is 0 Å². The van der Waals surface area contributed by atoms with E-state index in [1.807, 2.05) is 19.1 Å². The Morgan fingerprint density at radius 3 is 2.78 bits per heavy atom. The number of piperidine rings is 1. The fraction of sp³-hybridized carbons (Fsp3) is 0.471. The van der Waals surface area contributed by atoms with Crippen molar-refractivity contribution in [2.75, 3.05) is 24.6 Å². The number of anilines is 1. The monoisotopic (exact) mass is 314 g/mol. The summed E-state index contributed by atoms with van der Waals surface area (Å²) in [5, 5.41) is 0. The zero-order valence-corrected chi connectivity index (χ0v) is 13.6. The second-order valence-electron chi connectivity index (χ2n) is 6.06. The van der Waals surface area contributed by atoms with Gasteiger partial charge in [0.05, 0.1) is 12.9 Å². The minimum absolute atomic E-state index is 0.0221. The summed E-state index contributed by atoms with van der Waals surface area (Å²) in [4.78, 5) is 22.5. The lowest BCUT2D eigenvalue weighted by Gasteiger charge is -2.32. The van der Waals surface area contributed by atoms with Gasteiger partial charge in [0.1, 0.15) is 5.82 Å². The maximum absolute atomic E-state index is 11.7. The van der Waals surface area contributed by atoms with Gasteiger partial charge in [-0.25, -0.2) is 9.97 Å². The van der Waals surface area contributed by atoms with Gasteiger partial charge in [-0.2, -0.15) is 0 Å². The van der Waals surface area contributed by atoms with Gasteiger partial charge in [-0.05, 0) is 31.7 Å². The van der Waals surface area contributed by atoms with Crippen LogP contribution in [-0.4, -0.2) is 34.2 Å². The topological polar surface area (TPSA) is 60.2 Å². The molecule has 23 heavy (non-hydrogen) atoms. The Labute approximate surface area is 135 Å². The lowest BCUT2D eigenvalue weighted by atomic mass is 9.98. The second-order valence-corrected chi connectivity index (χ2v) is 6.06. The first-order chi connectivity index (χ1) is 11.1. The molecule has 0 radical (unpaired) electrons. The summed E-state index contributed by atoms with van der Waals surface area (Å²) in [6, 6.07) is 5.53. The third-order valence-corrected chi connectivity index (χ3v) is 4.32. The number of aromatic nitrogens is 3. The molecule has 0 bridgehead atoms. The molecule has 122 valence electrons. The van der Waals surface area contributed by atoms with Crippen molar-refractivity contribution in [1.82, 2.24) is 14.5 Å². The van der Waals surface area contributed by atoms with Gasteiger partial charge in [-0.15, -0.1) is 0 Å². The second kappa shape index (κ2) is 6.81. The van der Waals surface area contributed by atoms with E-state index >= 15 is 0 Å². The molecule has 0 spiro atoms. The van der Waals surface area contributed by atoms with Crippen LogP contribution in [0, 0.1) is 12.8 Å². The van der Waals surface area contributed by atoms with Gasteiger partial charge in [-0.3, -0.25) is 4.79 Å². The van der Waals surface area contributed by atoms with Gasteiger partial charge < -0.3 is 14.2 Å². The van der Waals surface area contributed by atoms with Gasteiger partial charge in [0.2, 0.25) is 5.88 Å². The number of pyridine rings is 1. The molecule has 1 saturated heterocycles. The third kappa shape index (κ3) is 3.70. The van der Waals surface area contributed by atoms with E-state index < -0.39 is 0 Å². The van der Waals surface area contributed by atoms with Crippen molar-refractivity contribution in [2.24, 2.45) is 13.0 Å². The summed E-state index contributed by atoms with van der Waals surface area (Å²) >= 11 is 0. The zero-order valence-electron chi connectivity index (χ0n) is 13.6. The molecule has 0 atom stereocenters. The Morgan fingerprint density at radius 1 is 1.30 bits per heavy atom. The average Bonchev–Trinajstić information content (AvgIpc) is 2.57. The van der Waals surface area contributed by atoms with E-state index in [9.17, 15) is 4.79 Å². The molecule has 6 nitrogen and oxygen atoms in total. The number of hydrogen-bond acceptors (Lipinski definition) is 5. The Morgan fingerprint density at radius 2 is 2.09 bits per heavy atom. The summed E-state index contributed by atoms with van der Waals surface area (Å²) in [6.45, 7) is 4.49. The molecule has 1 fully saturated rings. The number of nitrogens with zero attached hydrogens (tertiary/aromatic N) is 4. The van der Waals surface area contributed by atoms with Crippen LogP contribution in [0.1, 0.15) is 18.4 Å². The van der Waals surface area contributed by atoms with E-state index in [4.69, 9.17) is 4.74 Å². The first-order valence-electron chi connectivity index (χ1n) is 7.95. The van der Waals surface area contributed by atoms with Crippen LogP contribution >= 0.6 is 0 Å². The zero-order chi connectivity index (χ0) is 16.2. The Bertz CT molecular complexity index is 721. The number of rotatable bonds is 4. The summed E-state index contributed by atoms with van der Waals surface area (Å²) in [5.41, 5.74) is 1.04. The quantitative estimate of drug-likeness (QED) is 0.861. The van der Waals surface area contributed by atoms with Crippen molar-refractivity contribution in [3.63, 3.8) is 0 Å². The largest absolute Gasteiger partial charge is 0.477 e. The lowest BCUT2D eigenvalue weighted by Crippen LogP contribution is -2.37. The summed E-state index contributed by atoms with van der Waals surface area (Å²) < 4.78 is 7.34.